The van der Waals surface area contributed by atoms with Gasteiger partial charge in [0.1, 0.15) is 0 Å². The van der Waals surface area contributed by atoms with Crippen molar-refractivity contribution in [3.05, 3.63) is 71.3 Å². The molecule has 4 heteroatoms. The van der Waals surface area contributed by atoms with Crippen LogP contribution in [0.3, 0.4) is 0 Å². The second-order valence-electron chi connectivity index (χ2n) is 7.64. The molecule has 0 N–H and O–H groups in total. The quantitative estimate of drug-likeness (QED) is 0.768. The summed E-state index contributed by atoms with van der Waals surface area (Å²) in [6.45, 7) is 2.54. The van der Waals surface area contributed by atoms with E-state index in [4.69, 9.17) is 4.74 Å². The van der Waals surface area contributed by atoms with E-state index in [0.717, 1.165) is 30.4 Å². The molecule has 0 spiro atoms. The third kappa shape index (κ3) is 3.67. The average molecular weight is 363 g/mol. The second-order valence-corrected chi connectivity index (χ2v) is 7.64. The van der Waals surface area contributed by atoms with Crippen LogP contribution in [0.15, 0.2) is 54.6 Å². The summed E-state index contributed by atoms with van der Waals surface area (Å²) < 4.78 is 6.19. The fraction of sp³-hybridized carbons (Fsp3) is 0.391. The lowest BCUT2D eigenvalue weighted by molar-refractivity contribution is -0.126. The summed E-state index contributed by atoms with van der Waals surface area (Å²) in [5, 5.41) is 0. The van der Waals surface area contributed by atoms with E-state index < -0.39 is 0 Å². The van der Waals surface area contributed by atoms with Gasteiger partial charge in [-0.1, -0.05) is 48.0 Å². The SMILES string of the molecule is Cc1ccc(C(=O)N2C(=O)CC3C(OCc4ccccc4)CCCC32)cc1. The molecule has 2 amide bonds. The Kier molecular flexibility index (Phi) is 5.08. The number of aryl methyl sites for hydroxylation is 1. The minimum Gasteiger partial charge on any atom is -0.373 e. The summed E-state index contributed by atoms with van der Waals surface area (Å²) in [5.41, 5.74) is 2.82. The first-order valence-corrected chi connectivity index (χ1v) is 9.72. The highest BCUT2D eigenvalue weighted by Crippen LogP contribution is 2.39. The molecule has 2 aliphatic rings. The van der Waals surface area contributed by atoms with Crippen molar-refractivity contribution in [2.75, 3.05) is 0 Å². The third-order valence-corrected chi connectivity index (χ3v) is 5.80. The molecule has 4 rings (SSSR count). The standard InChI is InChI=1S/C23H25NO3/c1-16-10-12-18(13-11-16)23(26)24-20-8-5-9-21(19(20)14-22(24)25)27-15-17-6-3-2-4-7-17/h2-4,6-7,10-13,19-21H,5,8-9,14-15H2,1H3. The van der Waals surface area contributed by atoms with E-state index in [1.165, 1.54) is 4.90 Å². The number of carbonyl (C=O) groups excluding carboxylic acids is 2. The predicted octanol–water partition coefficient (Wildman–Crippen LogP) is 4.12. The number of hydrogen-bond donors (Lipinski definition) is 0. The molecule has 2 aromatic carbocycles. The van der Waals surface area contributed by atoms with Crippen LogP contribution in [0.1, 0.15) is 47.2 Å². The molecule has 4 nitrogen and oxygen atoms in total. The van der Waals surface area contributed by atoms with Gasteiger partial charge in [0.25, 0.3) is 5.91 Å². The lowest BCUT2D eigenvalue weighted by Crippen LogP contribution is -2.45. The number of likely N-dealkylation sites (tertiary alicyclic amines) is 1. The maximum Gasteiger partial charge on any atom is 0.260 e. The van der Waals surface area contributed by atoms with E-state index in [1.807, 2.05) is 61.5 Å². The van der Waals surface area contributed by atoms with Gasteiger partial charge in [0, 0.05) is 23.9 Å². The van der Waals surface area contributed by atoms with Crippen LogP contribution in [0, 0.1) is 12.8 Å². The van der Waals surface area contributed by atoms with Gasteiger partial charge in [-0.2, -0.15) is 0 Å². The molecule has 1 aliphatic carbocycles. The van der Waals surface area contributed by atoms with Crippen molar-refractivity contribution in [1.29, 1.82) is 0 Å². The van der Waals surface area contributed by atoms with Crippen LogP contribution in [0.5, 0.6) is 0 Å². The van der Waals surface area contributed by atoms with Gasteiger partial charge in [-0.3, -0.25) is 14.5 Å². The molecule has 0 radical (unpaired) electrons. The zero-order chi connectivity index (χ0) is 18.8. The molecule has 140 valence electrons. The van der Waals surface area contributed by atoms with E-state index in [1.54, 1.807) is 0 Å². The van der Waals surface area contributed by atoms with Crippen molar-refractivity contribution >= 4 is 11.8 Å². The zero-order valence-corrected chi connectivity index (χ0v) is 15.6. The number of carbonyl (C=O) groups is 2. The number of imide groups is 1. The highest BCUT2D eigenvalue weighted by molar-refractivity contribution is 6.06. The number of nitrogens with zero attached hydrogens (tertiary/aromatic N) is 1. The lowest BCUT2D eigenvalue weighted by atomic mass is 9.82. The molecule has 0 bridgehead atoms. The van der Waals surface area contributed by atoms with E-state index in [9.17, 15) is 9.59 Å². The maximum absolute atomic E-state index is 13.0. The fourth-order valence-corrected chi connectivity index (χ4v) is 4.36. The van der Waals surface area contributed by atoms with Crippen molar-refractivity contribution in [2.45, 2.75) is 51.4 Å². The summed E-state index contributed by atoms with van der Waals surface area (Å²) in [7, 11) is 0. The maximum atomic E-state index is 13.0. The van der Waals surface area contributed by atoms with E-state index >= 15 is 0 Å². The van der Waals surface area contributed by atoms with Crippen molar-refractivity contribution in [3.63, 3.8) is 0 Å². The summed E-state index contributed by atoms with van der Waals surface area (Å²) >= 11 is 0. The first-order chi connectivity index (χ1) is 13.1. The van der Waals surface area contributed by atoms with Crippen molar-refractivity contribution in [2.24, 2.45) is 5.92 Å². The van der Waals surface area contributed by atoms with Gasteiger partial charge in [0.05, 0.1) is 12.7 Å². The molecular formula is C23H25NO3. The minimum absolute atomic E-state index is 0.0312. The van der Waals surface area contributed by atoms with Crippen molar-refractivity contribution < 1.29 is 14.3 Å². The molecule has 3 atom stereocenters. The van der Waals surface area contributed by atoms with E-state index in [-0.39, 0.29) is 29.9 Å². The van der Waals surface area contributed by atoms with Crippen LogP contribution in [0.4, 0.5) is 0 Å². The van der Waals surface area contributed by atoms with Gasteiger partial charge in [0.15, 0.2) is 0 Å². The topological polar surface area (TPSA) is 46.6 Å². The number of ether oxygens (including phenoxy) is 1. The monoisotopic (exact) mass is 363 g/mol. The van der Waals surface area contributed by atoms with Gasteiger partial charge in [-0.15, -0.1) is 0 Å². The Morgan fingerprint density at radius 3 is 2.56 bits per heavy atom. The molecule has 2 aromatic rings. The molecule has 3 unspecified atom stereocenters. The predicted molar refractivity (Wildman–Crippen MR) is 103 cm³/mol. The number of rotatable bonds is 4. The van der Waals surface area contributed by atoms with Gasteiger partial charge in [0.2, 0.25) is 5.91 Å². The molecular weight excluding hydrogens is 338 g/mol. The Labute approximate surface area is 160 Å². The highest BCUT2D eigenvalue weighted by atomic mass is 16.5. The Hall–Kier alpha value is -2.46. The van der Waals surface area contributed by atoms with Crippen LogP contribution >= 0.6 is 0 Å². The molecule has 1 heterocycles. The van der Waals surface area contributed by atoms with Crippen LogP contribution in [-0.2, 0) is 16.1 Å². The van der Waals surface area contributed by atoms with Gasteiger partial charge in [-0.25, -0.2) is 0 Å². The number of hydrogen-bond acceptors (Lipinski definition) is 3. The summed E-state index contributed by atoms with van der Waals surface area (Å²) in [6, 6.07) is 17.5. The Morgan fingerprint density at radius 1 is 1.07 bits per heavy atom. The normalized spacial score (nSPS) is 24.7. The van der Waals surface area contributed by atoms with Crippen LogP contribution in [-0.4, -0.2) is 28.9 Å². The molecule has 0 aromatic heterocycles. The van der Waals surface area contributed by atoms with Crippen LogP contribution < -0.4 is 0 Å². The van der Waals surface area contributed by atoms with Gasteiger partial charge >= 0.3 is 0 Å². The summed E-state index contributed by atoms with van der Waals surface area (Å²) in [4.78, 5) is 27.2. The molecule has 1 aliphatic heterocycles. The first kappa shape index (κ1) is 17.9. The lowest BCUT2D eigenvalue weighted by Gasteiger charge is -2.36. The third-order valence-electron chi connectivity index (χ3n) is 5.80. The van der Waals surface area contributed by atoms with E-state index in [0.29, 0.717) is 18.6 Å². The Morgan fingerprint density at radius 2 is 1.81 bits per heavy atom. The summed E-state index contributed by atoms with van der Waals surface area (Å²) in [6.07, 6.45) is 3.24. The van der Waals surface area contributed by atoms with Crippen LogP contribution in [0.25, 0.3) is 0 Å². The zero-order valence-electron chi connectivity index (χ0n) is 15.6. The average Bonchev–Trinajstić information content (AvgIpc) is 3.03. The molecule has 2 fully saturated rings. The molecule has 27 heavy (non-hydrogen) atoms. The minimum atomic E-state index is -0.170. The smallest absolute Gasteiger partial charge is 0.260 e. The number of fused-ring (bicyclic) bond motifs is 1. The van der Waals surface area contributed by atoms with Crippen molar-refractivity contribution in [1.82, 2.24) is 4.90 Å². The van der Waals surface area contributed by atoms with Gasteiger partial charge < -0.3 is 4.74 Å². The number of amides is 2. The highest BCUT2D eigenvalue weighted by Gasteiger charge is 2.48. The largest absolute Gasteiger partial charge is 0.373 e. The van der Waals surface area contributed by atoms with Crippen molar-refractivity contribution in [3.8, 4) is 0 Å². The van der Waals surface area contributed by atoms with Gasteiger partial charge in [-0.05, 0) is 43.9 Å². The molecule has 1 saturated heterocycles. The molecule has 1 saturated carbocycles. The second kappa shape index (κ2) is 7.65. The number of benzene rings is 2. The first-order valence-electron chi connectivity index (χ1n) is 9.72. The van der Waals surface area contributed by atoms with E-state index in [2.05, 4.69) is 0 Å². The Balaban J connectivity index is 1.48. The fourth-order valence-electron chi connectivity index (χ4n) is 4.36. The van der Waals surface area contributed by atoms with Crippen LogP contribution in [0.2, 0.25) is 0 Å². The summed E-state index contributed by atoms with van der Waals surface area (Å²) in [5.74, 6) is -0.133. The Bertz CT molecular complexity index is 815.